The highest BCUT2D eigenvalue weighted by Gasteiger charge is 2.09. The van der Waals surface area contributed by atoms with Crippen molar-refractivity contribution in [2.75, 3.05) is 0 Å². The molecule has 0 saturated carbocycles. The van der Waals surface area contributed by atoms with Gasteiger partial charge in [-0.05, 0) is 52.3 Å². The molecule has 0 atom stereocenters. The minimum absolute atomic E-state index is 0.399. The van der Waals surface area contributed by atoms with Gasteiger partial charge in [0, 0.05) is 27.6 Å². The summed E-state index contributed by atoms with van der Waals surface area (Å²) in [5.74, 6) is 1.57. The van der Waals surface area contributed by atoms with Crippen molar-refractivity contribution in [2.24, 2.45) is 0 Å². The van der Waals surface area contributed by atoms with Crippen molar-refractivity contribution < 1.29 is 4.74 Å². The van der Waals surface area contributed by atoms with Crippen molar-refractivity contribution in [2.45, 2.75) is 26.4 Å². The van der Waals surface area contributed by atoms with E-state index in [1.54, 1.807) is 0 Å². The minimum Gasteiger partial charge on any atom is -0.456 e. The van der Waals surface area contributed by atoms with Crippen molar-refractivity contribution in [3.8, 4) is 11.5 Å². The summed E-state index contributed by atoms with van der Waals surface area (Å²) in [5.41, 5.74) is 1.03. The predicted molar refractivity (Wildman–Crippen MR) is 95.3 cm³/mol. The maximum atomic E-state index is 6.09. The van der Waals surface area contributed by atoms with Crippen molar-refractivity contribution in [3.05, 3.63) is 55.9 Å². The summed E-state index contributed by atoms with van der Waals surface area (Å²) in [6.07, 6.45) is 0. The standard InChI is InChI=1S/C16H16Br2ClNO/c1-10(2)20-9-11-7-13(19)4-6-15(11)21-16-5-3-12(17)8-14(16)18/h3-8,10,20H,9H2,1-2H3. The third-order valence-corrected chi connectivity index (χ3v) is 4.19. The summed E-state index contributed by atoms with van der Waals surface area (Å²) < 4.78 is 7.91. The number of hydrogen-bond donors (Lipinski definition) is 1. The Labute approximate surface area is 147 Å². The highest BCUT2D eigenvalue weighted by atomic mass is 79.9. The lowest BCUT2D eigenvalue weighted by Crippen LogP contribution is -2.22. The quantitative estimate of drug-likeness (QED) is 0.610. The largest absolute Gasteiger partial charge is 0.456 e. The topological polar surface area (TPSA) is 21.3 Å². The molecule has 0 aromatic heterocycles. The van der Waals surface area contributed by atoms with Crippen molar-refractivity contribution >= 4 is 43.5 Å². The van der Waals surface area contributed by atoms with Gasteiger partial charge in [0.25, 0.3) is 0 Å². The average Bonchev–Trinajstić information content (AvgIpc) is 2.41. The number of hydrogen-bond acceptors (Lipinski definition) is 2. The predicted octanol–water partition coefficient (Wildman–Crippen LogP) is 6.16. The molecule has 2 nitrogen and oxygen atoms in total. The molecule has 1 N–H and O–H groups in total. The van der Waals surface area contributed by atoms with Gasteiger partial charge in [0.2, 0.25) is 0 Å². The molecule has 0 amide bonds. The van der Waals surface area contributed by atoms with Crippen LogP contribution in [0.3, 0.4) is 0 Å². The van der Waals surface area contributed by atoms with E-state index >= 15 is 0 Å². The van der Waals surface area contributed by atoms with E-state index in [9.17, 15) is 0 Å². The highest BCUT2D eigenvalue weighted by molar-refractivity contribution is 9.11. The SMILES string of the molecule is CC(C)NCc1cc(Cl)ccc1Oc1ccc(Br)cc1Br. The molecule has 0 bridgehead atoms. The van der Waals surface area contributed by atoms with Gasteiger partial charge < -0.3 is 10.1 Å². The molecule has 0 aliphatic carbocycles. The van der Waals surface area contributed by atoms with E-state index in [0.717, 1.165) is 26.0 Å². The molecule has 0 radical (unpaired) electrons. The summed E-state index contributed by atoms with van der Waals surface area (Å²) in [6.45, 7) is 4.93. The fraction of sp³-hybridized carbons (Fsp3) is 0.250. The minimum atomic E-state index is 0.399. The molecule has 2 aromatic rings. The Kier molecular flexibility index (Phi) is 6.11. The van der Waals surface area contributed by atoms with E-state index in [0.29, 0.717) is 17.6 Å². The highest BCUT2D eigenvalue weighted by Crippen LogP contribution is 2.34. The van der Waals surface area contributed by atoms with Crippen molar-refractivity contribution in [1.29, 1.82) is 0 Å². The average molecular weight is 434 g/mol. The van der Waals surface area contributed by atoms with Crippen LogP contribution in [0, 0.1) is 0 Å². The molecular formula is C16H16Br2ClNO. The molecule has 0 unspecified atom stereocenters. The van der Waals surface area contributed by atoms with Gasteiger partial charge in [-0.25, -0.2) is 0 Å². The van der Waals surface area contributed by atoms with Gasteiger partial charge in [0.1, 0.15) is 11.5 Å². The first-order valence-corrected chi connectivity index (χ1v) is 8.57. The zero-order valence-corrected chi connectivity index (χ0v) is 15.7. The van der Waals surface area contributed by atoms with Gasteiger partial charge in [0.15, 0.2) is 0 Å². The van der Waals surface area contributed by atoms with E-state index in [1.807, 2.05) is 36.4 Å². The first kappa shape index (κ1) is 16.8. The smallest absolute Gasteiger partial charge is 0.141 e. The zero-order valence-electron chi connectivity index (χ0n) is 11.8. The summed E-state index contributed by atoms with van der Waals surface area (Å²) in [7, 11) is 0. The van der Waals surface area contributed by atoms with E-state index in [4.69, 9.17) is 16.3 Å². The number of nitrogens with one attached hydrogen (secondary N) is 1. The number of rotatable bonds is 5. The van der Waals surface area contributed by atoms with E-state index in [2.05, 4.69) is 51.0 Å². The van der Waals surface area contributed by atoms with Crippen LogP contribution in [0.4, 0.5) is 0 Å². The lowest BCUT2D eigenvalue weighted by atomic mass is 10.2. The molecular weight excluding hydrogens is 417 g/mol. The van der Waals surface area contributed by atoms with Gasteiger partial charge in [-0.3, -0.25) is 0 Å². The Bertz CT molecular complexity index is 632. The molecule has 5 heteroatoms. The number of ether oxygens (including phenoxy) is 1. The Morgan fingerprint density at radius 3 is 2.48 bits per heavy atom. The summed E-state index contributed by atoms with van der Waals surface area (Å²) >= 11 is 13.0. The van der Waals surface area contributed by atoms with Crippen LogP contribution in [0.25, 0.3) is 0 Å². The van der Waals surface area contributed by atoms with Gasteiger partial charge in [-0.1, -0.05) is 41.4 Å². The van der Waals surface area contributed by atoms with Gasteiger partial charge in [-0.15, -0.1) is 0 Å². The van der Waals surface area contributed by atoms with Gasteiger partial charge in [0.05, 0.1) is 4.47 Å². The van der Waals surface area contributed by atoms with Crippen LogP contribution in [0.5, 0.6) is 11.5 Å². The van der Waals surface area contributed by atoms with Crippen molar-refractivity contribution in [3.63, 3.8) is 0 Å². The molecule has 0 aliphatic rings. The number of benzene rings is 2. The lowest BCUT2D eigenvalue weighted by molar-refractivity contribution is 0.466. The first-order chi connectivity index (χ1) is 9.95. The molecule has 112 valence electrons. The van der Waals surface area contributed by atoms with Gasteiger partial charge >= 0.3 is 0 Å². The van der Waals surface area contributed by atoms with Crippen LogP contribution >= 0.6 is 43.5 Å². The van der Waals surface area contributed by atoms with Crippen molar-refractivity contribution in [1.82, 2.24) is 5.32 Å². The third kappa shape index (κ3) is 4.99. The molecule has 0 saturated heterocycles. The lowest BCUT2D eigenvalue weighted by Gasteiger charge is -2.15. The van der Waals surface area contributed by atoms with E-state index in [-0.39, 0.29) is 0 Å². The third-order valence-electron chi connectivity index (χ3n) is 2.84. The molecule has 0 heterocycles. The summed E-state index contributed by atoms with van der Waals surface area (Å²) in [5, 5.41) is 4.09. The van der Waals surface area contributed by atoms with Crippen LogP contribution in [0.15, 0.2) is 45.3 Å². The fourth-order valence-electron chi connectivity index (χ4n) is 1.78. The second-order valence-corrected chi connectivity index (χ2v) is 7.17. The molecule has 0 fully saturated rings. The Balaban J connectivity index is 2.26. The Morgan fingerprint density at radius 2 is 1.81 bits per heavy atom. The Hall–Kier alpha value is -0.550. The van der Waals surface area contributed by atoms with Crippen LogP contribution in [0.2, 0.25) is 5.02 Å². The summed E-state index contributed by atoms with van der Waals surface area (Å²) in [6, 6.07) is 11.9. The number of halogens is 3. The monoisotopic (exact) mass is 431 g/mol. The van der Waals surface area contributed by atoms with Crippen LogP contribution < -0.4 is 10.1 Å². The van der Waals surface area contributed by atoms with Gasteiger partial charge in [-0.2, -0.15) is 0 Å². The summed E-state index contributed by atoms with van der Waals surface area (Å²) in [4.78, 5) is 0. The van der Waals surface area contributed by atoms with Crippen LogP contribution in [0.1, 0.15) is 19.4 Å². The van der Waals surface area contributed by atoms with Crippen LogP contribution in [-0.2, 0) is 6.54 Å². The Morgan fingerprint density at radius 1 is 1.10 bits per heavy atom. The maximum Gasteiger partial charge on any atom is 0.141 e. The van der Waals surface area contributed by atoms with E-state index in [1.165, 1.54) is 0 Å². The fourth-order valence-corrected chi connectivity index (χ4v) is 3.10. The molecule has 0 aliphatic heterocycles. The maximum absolute atomic E-state index is 6.09. The molecule has 0 spiro atoms. The van der Waals surface area contributed by atoms with Crippen LogP contribution in [-0.4, -0.2) is 6.04 Å². The zero-order chi connectivity index (χ0) is 15.4. The molecule has 2 aromatic carbocycles. The van der Waals surface area contributed by atoms with E-state index < -0.39 is 0 Å². The second-order valence-electron chi connectivity index (χ2n) is 4.96. The second kappa shape index (κ2) is 7.63. The first-order valence-electron chi connectivity index (χ1n) is 6.60. The molecule has 2 rings (SSSR count). The molecule has 21 heavy (non-hydrogen) atoms. The normalized spacial score (nSPS) is 11.0.